The molecule has 4 aromatic rings. The van der Waals surface area contributed by atoms with Crippen LogP contribution in [0.4, 0.5) is 52.7 Å². The number of likely N-dealkylation sites (N-methyl/N-ethyl adjacent to an activating group) is 1. The first-order valence-electron chi connectivity index (χ1n) is 26.5. The fraction of sp³-hybridized carbons (Fsp3) is 0.407. The second kappa shape index (κ2) is 36.9. The van der Waals surface area contributed by atoms with E-state index in [2.05, 4.69) is 43.4 Å². The summed E-state index contributed by atoms with van der Waals surface area (Å²) < 4.78 is 140. The van der Waals surface area contributed by atoms with Crippen LogP contribution < -0.4 is 47.9 Å². The number of carbonyl (C=O) groups excluding carboxylic acids is 5. The number of thioether (sulfide) groups is 2. The lowest BCUT2D eigenvalue weighted by Gasteiger charge is -2.32. The highest BCUT2D eigenvalue weighted by molar-refractivity contribution is 8.19. The number of amides is 5. The number of aryl methyl sites for hydroxylation is 1. The van der Waals surface area contributed by atoms with Crippen LogP contribution in [0.25, 0.3) is 22.5 Å². The monoisotopic (exact) mass is 1390 g/mol. The average molecular weight is 1390 g/mol. The molecule has 2 aliphatic heterocycles. The van der Waals surface area contributed by atoms with Crippen LogP contribution in [0.3, 0.4) is 0 Å². The topological polar surface area (TPSA) is 432 Å². The molecule has 6 rings (SSSR count). The second-order valence-corrected chi connectivity index (χ2v) is 21.5. The Bertz CT molecular complexity index is 3240. The fourth-order valence-corrected chi connectivity index (χ4v) is 10.4. The number of carbonyl (C=O) groups is 9. The van der Waals surface area contributed by atoms with E-state index in [1.54, 1.807) is 43.3 Å². The number of nitrogens with zero attached hydrogens (tertiary/aromatic N) is 4. The van der Waals surface area contributed by atoms with Gasteiger partial charge in [0.15, 0.2) is 5.82 Å². The predicted octanol–water partition coefficient (Wildman–Crippen LogP) is 4.64. The van der Waals surface area contributed by atoms with Gasteiger partial charge in [-0.05, 0) is 67.8 Å². The number of fused-ring (bicyclic) bond motifs is 5. The zero-order valence-corrected chi connectivity index (χ0v) is 50.6. The molecule has 3 aromatic carbocycles. The number of hydrogen-bond donors (Lipinski definition) is 11. The van der Waals surface area contributed by atoms with Crippen molar-refractivity contribution in [2.75, 3.05) is 57.9 Å². The Morgan fingerprint density at radius 2 is 1.18 bits per heavy atom. The molecule has 2 aliphatic rings. The Morgan fingerprint density at radius 3 is 1.63 bits per heavy atom. The van der Waals surface area contributed by atoms with E-state index in [0.29, 0.717) is 49.9 Å². The van der Waals surface area contributed by atoms with Crippen molar-refractivity contribution in [3.8, 4) is 40.1 Å². The number of aliphatic carboxylic acids is 4. The number of alkyl halides is 12. The number of nitriles is 1. The third-order valence-electron chi connectivity index (χ3n) is 11.9. The second-order valence-electron chi connectivity index (χ2n) is 18.8. The number of nitrogens with two attached hydrogens (primary N) is 3. The summed E-state index contributed by atoms with van der Waals surface area (Å²) in [5, 5.41) is 48.4. The molecule has 1 fully saturated rings. The van der Waals surface area contributed by atoms with Crippen LogP contribution >= 0.6 is 23.5 Å². The van der Waals surface area contributed by atoms with Gasteiger partial charge in [-0.2, -0.15) is 57.9 Å². The van der Waals surface area contributed by atoms with Crippen molar-refractivity contribution in [2.24, 2.45) is 17.2 Å². The Hall–Kier alpha value is -9.20. The van der Waals surface area contributed by atoms with Crippen molar-refractivity contribution >= 4 is 76.9 Å². The number of carboxylic acid groups (broad SMARTS) is 4. The molecule has 1 saturated heterocycles. The first-order valence-corrected chi connectivity index (χ1v) is 28.6. The number of ether oxygens (including phenoxy) is 2. The fourth-order valence-electron chi connectivity index (χ4n) is 7.53. The van der Waals surface area contributed by atoms with Gasteiger partial charge in [0.05, 0.1) is 21.9 Å². The van der Waals surface area contributed by atoms with Crippen LogP contribution in [0.5, 0.6) is 11.5 Å². The smallest absolute Gasteiger partial charge is 0.490 e. The largest absolute Gasteiger partial charge is 0.492 e. The normalized spacial score (nSPS) is 15.9. The van der Waals surface area contributed by atoms with E-state index in [1.165, 1.54) is 30.6 Å². The highest BCUT2D eigenvalue weighted by atomic mass is 32.2. The van der Waals surface area contributed by atoms with Crippen LogP contribution in [0.2, 0.25) is 0 Å². The van der Waals surface area contributed by atoms with Gasteiger partial charge in [0.2, 0.25) is 23.6 Å². The van der Waals surface area contributed by atoms with Crippen LogP contribution in [-0.4, -0.2) is 189 Å². The summed E-state index contributed by atoms with van der Waals surface area (Å²) in [5.74, 6) is -10.9. The maximum Gasteiger partial charge on any atom is 0.490 e. The van der Waals surface area contributed by atoms with Gasteiger partial charge in [-0.15, -0.1) is 23.5 Å². The summed E-state index contributed by atoms with van der Waals surface area (Å²) in [6.45, 7) is 3.50. The number of benzene rings is 3. The molecule has 26 nitrogen and oxygen atoms in total. The van der Waals surface area contributed by atoms with Gasteiger partial charge >= 0.3 is 48.6 Å². The van der Waals surface area contributed by atoms with E-state index in [1.807, 2.05) is 41.7 Å². The number of rotatable bonds is 16. The molecule has 5 amide bonds. The highest BCUT2D eigenvalue weighted by Crippen LogP contribution is 2.45. The summed E-state index contributed by atoms with van der Waals surface area (Å²) in [6.07, 6.45) is -18.9. The minimum absolute atomic E-state index is 0.00321. The van der Waals surface area contributed by atoms with Crippen LogP contribution in [0, 0.1) is 18.3 Å². The van der Waals surface area contributed by atoms with Crippen molar-refractivity contribution in [3.63, 3.8) is 0 Å². The van der Waals surface area contributed by atoms with E-state index in [4.69, 9.17) is 71.5 Å². The standard InChI is InChI=1S/C46H55N11O7S2.4C2HF3O2/c1-26-34(25-52-40(53-26)29-5-7-30(8-6-29)46-65-20-21-66-46)42(59)55-35(12-13-47)45(62)57(3)39-31-9-11-38(64-19-16-50)33(24-31)32-22-28(4-10-37(32)63-18-15-49)23-36(43(60)51-17-14-48)56-41(58)27(2)54-44(39)61;4*3-2(4,5)1(6)7/h4-11,22,24-25,27,35-36,39,46H,12-13,15-21,23,47,49-50H2,1-3H3,(H,51,60)(H,54,61)(H,55,59)(H,56,58);4*(H,6,7)/t27-,35-,36-,39-;;;;/m0..../s1. The SMILES string of the molecule is Cc1nc(-c2ccc(C3SCCS3)cc2)ncc1C(=O)N[C@@H](CCN)C(=O)N(C)[C@@H]1C(=O)N[C@@H](C)C(=O)N[C@H](C(=O)NCC#N)Cc2ccc(OCCN)c(c2)-c2cc1ccc2OCCN.O=C(O)C(F)(F)F.O=C(O)C(F)(F)F.O=C(O)C(F)(F)F.O=C(O)C(F)(F)F. The van der Waals surface area contributed by atoms with Gasteiger partial charge in [0.25, 0.3) is 5.91 Å². The molecule has 14 N–H and O–H groups in total. The Labute approximate surface area is 532 Å². The van der Waals surface area contributed by atoms with Crippen molar-refractivity contribution in [1.29, 1.82) is 5.26 Å². The minimum atomic E-state index is -5.08. The minimum Gasteiger partial charge on any atom is -0.492 e. The maximum atomic E-state index is 14.7. The molecule has 516 valence electrons. The number of halogens is 12. The van der Waals surface area contributed by atoms with E-state index in [9.17, 15) is 76.7 Å². The van der Waals surface area contributed by atoms with E-state index < -0.39 is 102 Å². The molecule has 40 heteroatoms. The Morgan fingerprint density at radius 1 is 0.713 bits per heavy atom. The lowest BCUT2D eigenvalue weighted by molar-refractivity contribution is -0.193. The van der Waals surface area contributed by atoms with Gasteiger partial charge in [0, 0.05) is 61.0 Å². The van der Waals surface area contributed by atoms with E-state index in [0.717, 1.165) is 17.1 Å². The number of carboxylic acids is 4. The van der Waals surface area contributed by atoms with Gasteiger partial charge < -0.3 is 73.3 Å². The maximum absolute atomic E-state index is 14.7. The molecule has 0 saturated carbocycles. The molecular formula is C54H59F12N11O15S2. The van der Waals surface area contributed by atoms with Crippen LogP contribution in [0.1, 0.15) is 56.7 Å². The van der Waals surface area contributed by atoms with Crippen molar-refractivity contribution in [2.45, 2.75) is 80.1 Å². The zero-order valence-electron chi connectivity index (χ0n) is 49.0. The van der Waals surface area contributed by atoms with Gasteiger partial charge in [0.1, 0.15) is 55.4 Å². The molecule has 0 aliphatic carbocycles. The highest BCUT2D eigenvalue weighted by Gasteiger charge is 2.41. The summed E-state index contributed by atoms with van der Waals surface area (Å²) in [4.78, 5) is 116. The molecule has 4 bridgehead atoms. The lowest BCUT2D eigenvalue weighted by Crippen LogP contribution is -2.56. The molecule has 0 unspecified atom stereocenters. The summed E-state index contributed by atoms with van der Waals surface area (Å²) in [7, 11) is 1.42. The number of hydrogen-bond acceptors (Lipinski definition) is 19. The van der Waals surface area contributed by atoms with Crippen molar-refractivity contribution in [1.82, 2.24) is 36.1 Å². The molecule has 94 heavy (non-hydrogen) atoms. The number of aromatic nitrogens is 2. The molecule has 3 heterocycles. The molecule has 4 atom stereocenters. The molecular weight excluding hydrogens is 1330 g/mol. The summed E-state index contributed by atoms with van der Waals surface area (Å²) in [5.41, 5.74) is 22.1. The zero-order chi connectivity index (χ0) is 71.6. The van der Waals surface area contributed by atoms with E-state index >= 15 is 0 Å². The van der Waals surface area contributed by atoms with Crippen molar-refractivity contribution < 1.29 is 126 Å². The van der Waals surface area contributed by atoms with E-state index in [-0.39, 0.29) is 57.8 Å². The molecule has 0 radical (unpaired) electrons. The summed E-state index contributed by atoms with van der Waals surface area (Å²) >= 11 is 3.83. The van der Waals surface area contributed by atoms with Crippen LogP contribution in [0.15, 0.2) is 66.9 Å². The molecule has 0 spiro atoms. The third kappa shape index (κ3) is 26.1. The van der Waals surface area contributed by atoms with Gasteiger partial charge in [-0.3, -0.25) is 24.0 Å². The average Bonchev–Trinajstić information content (AvgIpc) is 0.854. The van der Waals surface area contributed by atoms with Crippen molar-refractivity contribution in [3.05, 3.63) is 94.8 Å². The predicted molar refractivity (Wildman–Crippen MR) is 308 cm³/mol. The van der Waals surface area contributed by atoms with Gasteiger partial charge in [-0.25, -0.2) is 29.1 Å². The Balaban J connectivity index is 0.000000890. The first kappa shape index (κ1) is 80.9. The Kier molecular flexibility index (Phi) is 31.7. The third-order valence-corrected chi connectivity index (χ3v) is 15.0. The lowest BCUT2D eigenvalue weighted by atomic mass is 9.93. The summed E-state index contributed by atoms with van der Waals surface area (Å²) in [6, 6.07) is 15.1. The molecule has 1 aromatic heterocycles. The van der Waals surface area contributed by atoms with Crippen LogP contribution in [-0.2, 0) is 44.8 Å². The number of nitrogens with one attached hydrogen (secondary N) is 4. The van der Waals surface area contributed by atoms with Gasteiger partial charge in [-0.1, -0.05) is 36.4 Å². The first-order chi connectivity index (χ1) is 43.6. The quantitative estimate of drug-likeness (QED) is 0.0537.